The molecule has 5 rings (SSSR count). The summed E-state index contributed by atoms with van der Waals surface area (Å²) < 4.78 is 17.0. The predicted molar refractivity (Wildman–Crippen MR) is 180 cm³/mol. The molecular weight excluding hydrogens is 537 g/mol. The van der Waals surface area contributed by atoms with Crippen LogP contribution in [0.2, 0.25) is 0 Å². The van der Waals surface area contributed by atoms with Crippen molar-refractivity contribution in [1.29, 1.82) is 0 Å². The Labute approximate surface area is 251 Å². The fraction of sp³-hybridized carbons (Fsp3) is 0.351. The van der Waals surface area contributed by atoms with E-state index in [9.17, 15) is 4.21 Å². The van der Waals surface area contributed by atoms with Crippen molar-refractivity contribution in [3.63, 3.8) is 0 Å². The third-order valence-electron chi connectivity index (χ3n) is 8.51. The van der Waals surface area contributed by atoms with Gasteiger partial charge >= 0.3 is 0 Å². The van der Waals surface area contributed by atoms with Gasteiger partial charge in [0.25, 0.3) is 0 Å². The van der Waals surface area contributed by atoms with E-state index in [1.165, 1.54) is 44.6 Å². The first-order valence-corrected chi connectivity index (χ1v) is 17.2. The van der Waals surface area contributed by atoms with Gasteiger partial charge in [-0.15, -0.1) is 0 Å². The van der Waals surface area contributed by atoms with E-state index in [1.807, 2.05) is 20.8 Å². The summed E-state index contributed by atoms with van der Waals surface area (Å²) in [5.41, 5.74) is 5.47. The highest BCUT2D eigenvalue weighted by molar-refractivity contribution is 7.84. The molecule has 1 aliphatic rings. The quantitative estimate of drug-likeness (QED) is 0.221. The summed E-state index contributed by atoms with van der Waals surface area (Å²) in [5.74, 6) is 0. The summed E-state index contributed by atoms with van der Waals surface area (Å²) in [6.45, 7) is 15.6. The van der Waals surface area contributed by atoms with Gasteiger partial charge in [-0.1, -0.05) is 131 Å². The zero-order valence-corrected chi connectivity index (χ0v) is 27.3. The lowest BCUT2D eigenvalue weighted by Gasteiger charge is -2.42. The van der Waals surface area contributed by atoms with Crippen LogP contribution < -0.4 is 20.6 Å². The fourth-order valence-electron chi connectivity index (χ4n) is 5.90. The molecule has 0 aliphatic heterocycles. The molecule has 4 aromatic carbocycles. The van der Waals surface area contributed by atoms with Gasteiger partial charge in [-0.05, 0) is 90.5 Å². The molecule has 0 saturated heterocycles. The lowest BCUT2D eigenvalue weighted by atomic mass is 9.63. The molecule has 2 nitrogen and oxygen atoms in total. The van der Waals surface area contributed by atoms with Crippen LogP contribution in [0.5, 0.6) is 0 Å². The molecule has 0 aromatic heterocycles. The summed E-state index contributed by atoms with van der Waals surface area (Å²) in [7, 11) is -2.08. The molecule has 0 fully saturated rings. The van der Waals surface area contributed by atoms with Crippen molar-refractivity contribution < 1.29 is 4.21 Å². The van der Waals surface area contributed by atoms with Crippen LogP contribution >= 0.6 is 7.92 Å². The Morgan fingerprint density at radius 3 is 1.78 bits per heavy atom. The standard InChI is InChI=1S/C37H44NOPS/c1-35(2,3)41(39)38-34(27-22-23-31-32(26-27)37(6,7)25-24-36(31,4)5)30-20-14-15-21-33(30)40(28-16-10-8-11-17-28)29-18-12-9-13-19-29/h8-23,26,34,38H,24-25H2,1-7H3/t34-,41?/m0/s1. The summed E-state index contributed by atoms with van der Waals surface area (Å²) in [4.78, 5) is 0. The van der Waals surface area contributed by atoms with E-state index in [-0.39, 0.29) is 16.9 Å². The second kappa shape index (κ2) is 11.6. The number of hydrogen-bond acceptors (Lipinski definition) is 1. The Bertz CT molecular complexity index is 1480. The Balaban J connectivity index is 1.72. The van der Waals surface area contributed by atoms with Crippen LogP contribution in [0.1, 0.15) is 89.6 Å². The highest BCUT2D eigenvalue weighted by atomic mass is 32.2. The fourth-order valence-corrected chi connectivity index (χ4v) is 9.22. The first kappa shape index (κ1) is 29.9. The van der Waals surface area contributed by atoms with Crippen molar-refractivity contribution in [3.05, 3.63) is 125 Å². The Kier molecular flexibility index (Phi) is 8.46. The van der Waals surface area contributed by atoms with Crippen molar-refractivity contribution >= 4 is 34.8 Å². The van der Waals surface area contributed by atoms with E-state index in [0.717, 1.165) is 6.42 Å². The van der Waals surface area contributed by atoms with E-state index in [0.29, 0.717) is 0 Å². The Morgan fingerprint density at radius 1 is 0.707 bits per heavy atom. The van der Waals surface area contributed by atoms with Crippen LogP contribution in [0.25, 0.3) is 0 Å². The maximum atomic E-state index is 13.8. The first-order valence-electron chi connectivity index (χ1n) is 14.7. The number of rotatable bonds is 7. The first-order chi connectivity index (χ1) is 19.4. The third kappa shape index (κ3) is 6.29. The SMILES string of the molecule is CC1(C)CCC(C)(C)c2cc([C@H](NS(=O)C(C)(C)C)c3ccccc3P(c3ccccc3)c3ccccc3)ccc21. The lowest BCUT2D eigenvalue weighted by molar-refractivity contribution is 0.331. The van der Waals surface area contributed by atoms with Crippen LogP contribution in [0, 0.1) is 0 Å². The van der Waals surface area contributed by atoms with Gasteiger partial charge < -0.3 is 0 Å². The van der Waals surface area contributed by atoms with Crippen LogP contribution in [-0.2, 0) is 21.8 Å². The van der Waals surface area contributed by atoms with Gasteiger partial charge in [-0.3, -0.25) is 0 Å². The summed E-state index contributed by atoms with van der Waals surface area (Å²) in [6.07, 6.45) is 2.34. The summed E-state index contributed by atoms with van der Waals surface area (Å²) >= 11 is 0. The molecule has 0 amide bonds. The molecular formula is C37H44NOPS. The smallest absolute Gasteiger partial charge is 0.0979 e. The van der Waals surface area contributed by atoms with Crippen LogP contribution in [0.3, 0.4) is 0 Å². The molecule has 4 heteroatoms. The Hall–Kier alpha value is -2.58. The monoisotopic (exact) mass is 581 g/mol. The largest absolute Gasteiger partial charge is 0.242 e. The molecule has 0 heterocycles. The van der Waals surface area contributed by atoms with Crippen molar-refractivity contribution in [2.45, 2.75) is 82.9 Å². The molecule has 0 bridgehead atoms. The van der Waals surface area contributed by atoms with Gasteiger partial charge in [0.15, 0.2) is 0 Å². The van der Waals surface area contributed by atoms with Gasteiger partial charge in [0.1, 0.15) is 0 Å². The van der Waals surface area contributed by atoms with Gasteiger partial charge in [0.2, 0.25) is 0 Å². The minimum absolute atomic E-state index is 0.0921. The second-order valence-electron chi connectivity index (χ2n) is 13.6. The van der Waals surface area contributed by atoms with E-state index in [2.05, 4.69) is 136 Å². The van der Waals surface area contributed by atoms with E-state index >= 15 is 0 Å². The minimum atomic E-state index is -1.26. The van der Waals surface area contributed by atoms with Crippen LogP contribution in [0.4, 0.5) is 0 Å². The average Bonchev–Trinajstić information content (AvgIpc) is 2.95. The van der Waals surface area contributed by atoms with Gasteiger partial charge in [0, 0.05) is 0 Å². The number of fused-ring (bicyclic) bond motifs is 1. The molecule has 41 heavy (non-hydrogen) atoms. The maximum absolute atomic E-state index is 13.8. The summed E-state index contributed by atoms with van der Waals surface area (Å²) in [6, 6.07) is 37.3. The number of nitrogens with one attached hydrogen (secondary N) is 1. The van der Waals surface area contributed by atoms with Crippen LogP contribution in [-0.4, -0.2) is 8.96 Å². The molecule has 0 radical (unpaired) electrons. The topological polar surface area (TPSA) is 29.1 Å². The maximum Gasteiger partial charge on any atom is 0.0979 e. The average molecular weight is 582 g/mol. The zero-order chi connectivity index (χ0) is 29.4. The molecule has 1 aliphatic carbocycles. The lowest BCUT2D eigenvalue weighted by Crippen LogP contribution is -2.39. The van der Waals surface area contributed by atoms with E-state index < -0.39 is 23.7 Å². The molecule has 214 valence electrons. The third-order valence-corrected chi connectivity index (χ3v) is 12.6. The van der Waals surface area contributed by atoms with E-state index in [4.69, 9.17) is 0 Å². The van der Waals surface area contributed by atoms with Crippen molar-refractivity contribution in [3.8, 4) is 0 Å². The summed E-state index contributed by atoms with van der Waals surface area (Å²) in [5, 5.41) is 3.91. The number of hydrogen-bond donors (Lipinski definition) is 1. The highest BCUT2D eigenvalue weighted by Crippen LogP contribution is 2.47. The molecule has 0 saturated carbocycles. The van der Waals surface area contributed by atoms with Gasteiger partial charge in [-0.25, -0.2) is 8.93 Å². The molecule has 0 spiro atoms. The van der Waals surface area contributed by atoms with E-state index in [1.54, 1.807) is 0 Å². The molecule has 4 aromatic rings. The van der Waals surface area contributed by atoms with Gasteiger partial charge in [0.05, 0.1) is 21.8 Å². The van der Waals surface area contributed by atoms with Gasteiger partial charge in [-0.2, -0.15) is 0 Å². The van der Waals surface area contributed by atoms with Crippen molar-refractivity contribution in [2.24, 2.45) is 0 Å². The van der Waals surface area contributed by atoms with Crippen LogP contribution in [0.15, 0.2) is 103 Å². The molecule has 2 atom stereocenters. The number of benzene rings is 4. The normalized spacial score (nSPS) is 17.6. The molecule has 1 unspecified atom stereocenters. The van der Waals surface area contributed by atoms with Crippen molar-refractivity contribution in [1.82, 2.24) is 4.72 Å². The van der Waals surface area contributed by atoms with Crippen molar-refractivity contribution in [2.75, 3.05) is 0 Å². The highest BCUT2D eigenvalue weighted by Gasteiger charge is 2.38. The zero-order valence-electron chi connectivity index (χ0n) is 25.6. The predicted octanol–water partition coefficient (Wildman–Crippen LogP) is 7.94. The second-order valence-corrected chi connectivity index (χ2v) is 17.8. The molecule has 1 N–H and O–H groups in total. The minimum Gasteiger partial charge on any atom is -0.242 e. The Morgan fingerprint density at radius 2 is 1.22 bits per heavy atom.